The normalized spacial score (nSPS) is 10.9. The number of nitrogens with zero attached hydrogens (tertiary/aromatic N) is 1. The van der Waals surface area contributed by atoms with Gasteiger partial charge in [0.15, 0.2) is 0 Å². The van der Waals surface area contributed by atoms with Gasteiger partial charge in [0.05, 0.1) is 0 Å². The first kappa shape index (κ1) is 24.6. The topological polar surface area (TPSA) is 37.9 Å². The van der Waals surface area contributed by atoms with Crippen molar-refractivity contribution >= 4 is 9.52 Å². The van der Waals surface area contributed by atoms with E-state index in [-0.39, 0.29) is 26.2 Å². The largest absolute Gasteiger partial charge is 3.00 e. The summed E-state index contributed by atoms with van der Waals surface area (Å²) in [5, 5.41) is 3.50. The van der Waals surface area contributed by atoms with Crippen LogP contribution in [0.2, 0.25) is 13.1 Å². The van der Waals surface area contributed by atoms with Gasteiger partial charge in [-0.1, -0.05) is 25.2 Å². The molecule has 0 fully saturated rings. The summed E-state index contributed by atoms with van der Waals surface area (Å²) in [4.78, 5) is 0. The molecule has 15 heavy (non-hydrogen) atoms. The van der Waals surface area contributed by atoms with Crippen molar-refractivity contribution in [2.75, 3.05) is 21.1 Å². The molecule has 1 aliphatic carbocycles. The molecule has 0 bridgehead atoms. The quantitative estimate of drug-likeness (QED) is 0.486. The molecule has 4 heteroatoms. The van der Waals surface area contributed by atoms with E-state index in [4.69, 9.17) is 5.73 Å². The third-order valence-corrected chi connectivity index (χ3v) is 0.828. The zero-order valence-corrected chi connectivity index (χ0v) is 14.2. The second-order valence-corrected chi connectivity index (χ2v) is 3.61. The molecule has 1 rings (SSSR count). The summed E-state index contributed by atoms with van der Waals surface area (Å²) in [6.07, 6.45) is 8.13. The number of nitrogens with one attached hydrogen (secondary N) is 1. The molecule has 0 heterocycles. The van der Waals surface area contributed by atoms with Crippen molar-refractivity contribution in [3.8, 4) is 0 Å². The Balaban J connectivity index is -0.0000000592. The van der Waals surface area contributed by atoms with Crippen LogP contribution in [0.25, 0.3) is 11.1 Å². The maximum Gasteiger partial charge on any atom is 3.00 e. The second-order valence-electron chi connectivity index (χ2n) is 2.46. The monoisotopic (exact) mass is 302 g/mol. The van der Waals surface area contributed by atoms with E-state index in [9.17, 15) is 0 Å². The second kappa shape index (κ2) is 29.3. The van der Waals surface area contributed by atoms with Gasteiger partial charge in [0.1, 0.15) is 0 Å². The zero-order valence-electron chi connectivity index (χ0n) is 10.6. The maximum absolute atomic E-state index is 5.75. The fourth-order valence-corrected chi connectivity index (χ4v) is 0.478. The molecule has 1 N–H and O–H groups in total. The smallest absolute Gasteiger partial charge is 0.680 e. The number of hydrogen-bond acceptors (Lipinski definition) is 0. The van der Waals surface area contributed by atoms with Gasteiger partial charge < -0.3 is 18.0 Å². The van der Waals surface area contributed by atoms with Crippen LogP contribution in [-0.4, -0.2) is 30.7 Å². The van der Waals surface area contributed by atoms with Crippen molar-refractivity contribution < 1.29 is 26.2 Å². The molecule has 0 saturated heterocycles. The van der Waals surface area contributed by atoms with Crippen LogP contribution in [0.4, 0.5) is 0 Å². The third-order valence-electron chi connectivity index (χ3n) is 0.828. The van der Waals surface area contributed by atoms with E-state index in [2.05, 4.69) is 37.5 Å². The predicted octanol–water partition coefficient (Wildman–Crippen LogP) is 3.37. The Morgan fingerprint density at radius 3 is 1.40 bits per heavy atom. The Morgan fingerprint density at radius 1 is 1.13 bits per heavy atom. The van der Waals surface area contributed by atoms with E-state index in [0.29, 0.717) is 5.92 Å². The number of rotatable bonds is 0. The van der Waals surface area contributed by atoms with Gasteiger partial charge in [0.2, 0.25) is 0 Å². The zero-order chi connectivity index (χ0) is 11.8. The van der Waals surface area contributed by atoms with Crippen LogP contribution in [0.15, 0.2) is 24.3 Å². The van der Waals surface area contributed by atoms with Crippen molar-refractivity contribution in [2.24, 2.45) is 5.92 Å². The summed E-state index contributed by atoms with van der Waals surface area (Å²) in [5.74, 6) is 0.435. The number of hydrogen-bond donors (Lipinski definition) is 0. The molecule has 0 aromatic rings. The van der Waals surface area contributed by atoms with Gasteiger partial charge in [-0.05, 0) is 0 Å². The molecule has 0 amide bonds. The van der Waals surface area contributed by atoms with Crippen LogP contribution in [0.1, 0.15) is 0 Å². The van der Waals surface area contributed by atoms with E-state index in [1.54, 1.807) is 14.1 Å². The molecule has 0 aromatic carbocycles. The fourth-order valence-electron chi connectivity index (χ4n) is 0.478. The molecule has 0 aromatic heterocycles. The minimum absolute atomic E-state index is 0. The van der Waals surface area contributed by atoms with Crippen molar-refractivity contribution in [3.63, 3.8) is 0 Å². The molecular formula is C11H24N2SiZr. The Kier molecular flexibility index (Phi) is 48.1. The summed E-state index contributed by atoms with van der Waals surface area (Å²) in [7, 11) is 5.50. The Morgan fingerprint density at radius 2 is 1.33 bits per heavy atom. The van der Waals surface area contributed by atoms with Crippen LogP contribution in [0.3, 0.4) is 0 Å². The third kappa shape index (κ3) is 40.3. The minimum Gasteiger partial charge on any atom is -0.680 e. The van der Waals surface area contributed by atoms with Gasteiger partial charge >= 0.3 is 26.2 Å². The average molecular weight is 304 g/mol. The Labute approximate surface area is 118 Å². The van der Waals surface area contributed by atoms with Crippen molar-refractivity contribution in [2.45, 2.75) is 13.1 Å². The van der Waals surface area contributed by atoms with Crippen LogP contribution in [0.5, 0.6) is 0 Å². The molecule has 2 radical (unpaired) electrons. The molecule has 86 valence electrons. The van der Waals surface area contributed by atoms with Crippen molar-refractivity contribution in [3.05, 3.63) is 42.3 Å². The molecule has 2 nitrogen and oxygen atoms in total. The molecule has 0 atom stereocenters. The van der Waals surface area contributed by atoms with E-state index >= 15 is 0 Å². The van der Waals surface area contributed by atoms with E-state index in [0.717, 1.165) is 9.52 Å². The molecule has 1 aliphatic rings. The standard InChI is InChI=1S/C6H7.C2H6N.C2H7Si.CH4N.Zr/c1-6-4-2-3-5-6;2*1-3-2;1-2;/h2-6H,1H2;1-2H3;3H,1-2H3;2H,1H3;/q2*-1;;-1;+3. The molecule has 0 spiro atoms. The summed E-state index contributed by atoms with van der Waals surface area (Å²) >= 11 is 0. The van der Waals surface area contributed by atoms with Crippen LogP contribution in [0, 0.1) is 12.8 Å². The first-order chi connectivity index (χ1) is 6.72. The van der Waals surface area contributed by atoms with E-state index in [1.165, 1.54) is 7.05 Å². The molecule has 0 saturated carbocycles. The Bertz CT molecular complexity index is 114. The summed E-state index contributed by atoms with van der Waals surface area (Å²) < 4.78 is 0. The maximum atomic E-state index is 5.75. The fraction of sp³-hybridized carbons (Fsp3) is 0.545. The number of allylic oxidation sites excluding steroid dienone is 4. The van der Waals surface area contributed by atoms with Gasteiger partial charge in [-0.25, -0.2) is 0 Å². The Hall–Kier alpha value is 0.500. The average Bonchev–Trinajstić information content (AvgIpc) is 2.62. The van der Waals surface area contributed by atoms with Crippen LogP contribution >= 0.6 is 0 Å². The van der Waals surface area contributed by atoms with Crippen molar-refractivity contribution in [1.29, 1.82) is 0 Å². The van der Waals surface area contributed by atoms with E-state index < -0.39 is 0 Å². The van der Waals surface area contributed by atoms with Gasteiger partial charge in [-0.15, -0.1) is 18.1 Å². The summed E-state index contributed by atoms with van der Waals surface area (Å²) in [6.45, 7) is 8.18. The molecular weight excluding hydrogens is 279 g/mol. The summed E-state index contributed by atoms with van der Waals surface area (Å²) in [5.41, 5.74) is 5.75. The van der Waals surface area contributed by atoms with Gasteiger partial charge in [-0.2, -0.15) is 21.1 Å². The molecule has 0 aliphatic heterocycles. The SMILES string of the molecule is C[N-]C.C[NH-].C[SiH]C.[CH2-]C1C=CC=C1.[Zr+3]. The van der Waals surface area contributed by atoms with Gasteiger partial charge in [0.25, 0.3) is 0 Å². The van der Waals surface area contributed by atoms with Crippen LogP contribution in [-0.2, 0) is 26.2 Å². The predicted molar refractivity (Wildman–Crippen MR) is 71.5 cm³/mol. The van der Waals surface area contributed by atoms with Gasteiger partial charge in [-0.3, -0.25) is 0 Å². The van der Waals surface area contributed by atoms with E-state index in [1.807, 2.05) is 12.2 Å². The van der Waals surface area contributed by atoms with Gasteiger partial charge in [0, 0.05) is 9.52 Å². The van der Waals surface area contributed by atoms with Crippen molar-refractivity contribution in [1.82, 2.24) is 0 Å². The first-order valence-corrected chi connectivity index (χ1v) is 6.93. The summed E-state index contributed by atoms with van der Waals surface area (Å²) in [6, 6.07) is 0. The first-order valence-electron chi connectivity index (χ1n) is 4.62. The molecule has 0 unspecified atom stereocenters. The minimum atomic E-state index is 0. The van der Waals surface area contributed by atoms with Crippen LogP contribution < -0.4 is 0 Å².